The van der Waals surface area contributed by atoms with Gasteiger partial charge in [-0.1, -0.05) is 12.1 Å². The summed E-state index contributed by atoms with van der Waals surface area (Å²) < 4.78 is 90.6. The molecule has 0 aliphatic carbocycles. The van der Waals surface area contributed by atoms with Gasteiger partial charge in [-0.2, -0.15) is 8.78 Å². The van der Waals surface area contributed by atoms with Crippen LogP contribution in [-0.4, -0.2) is 23.4 Å². The van der Waals surface area contributed by atoms with Crippen molar-refractivity contribution in [1.29, 1.82) is 0 Å². The number of benzene rings is 2. The minimum atomic E-state index is -4.38. The third kappa shape index (κ3) is 6.27. The predicted octanol–water partition coefficient (Wildman–Crippen LogP) is 2.49. The number of rotatable bonds is 7. The maximum Gasteiger partial charge on any atom is 0.387 e. The quantitative estimate of drug-likeness (QED) is 0.711. The summed E-state index contributed by atoms with van der Waals surface area (Å²) in [4.78, 5) is -0.729. The van der Waals surface area contributed by atoms with E-state index in [1.165, 1.54) is 24.3 Å². The second-order valence-corrected chi connectivity index (χ2v) is 8.18. The third-order valence-corrected chi connectivity index (χ3v) is 5.00. The van der Waals surface area contributed by atoms with Crippen LogP contribution in [0.4, 0.5) is 18.9 Å². The Labute approximate surface area is 153 Å². The Bertz CT molecular complexity index is 1050. The molecule has 27 heavy (non-hydrogen) atoms. The van der Waals surface area contributed by atoms with Crippen LogP contribution < -0.4 is 14.6 Å². The number of hydrogen-bond acceptors (Lipinski definition) is 5. The van der Waals surface area contributed by atoms with Crippen molar-refractivity contribution in [1.82, 2.24) is 0 Å². The van der Waals surface area contributed by atoms with Gasteiger partial charge in [0.25, 0.3) is 10.0 Å². The highest BCUT2D eigenvalue weighted by Crippen LogP contribution is 2.23. The Balaban J connectivity index is 2.22. The van der Waals surface area contributed by atoms with Crippen LogP contribution in [-0.2, 0) is 20.0 Å². The van der Waals surface area contributed by atoms with Crippen molar-refractivity contribution in [3.05, 3.63) is 59.3 Å². The minimum absolute atomic E-state index is 0.104. The van der Waals surface area contributed by atoms with Crippen LogP contribution in [0.25, 0.3) is 6.08 Å². The first-order valence-corrected chi connectivity index (χ1v) is 10.1. The van der Waals surface area contributed by atoms with E-state index in [1.54, 1.807) is 0 Å². The topological polar surface area (TPSA) is 116 Å². The Kier molecular flexibility index (Phi) is 6.13. The number of anilines is 1. The smallest absolute Gasteiger partial charge is 0.387 e. The molecule has 0 saturated carbocycles. The second kappa shape index (κ2) is 7.98. The average Bonchev–Trinajstić information content (AvgIpc) is 2.54. The van der Waals surface area contributed by atoms with Gasteiger partial charge in [-0.15, -0.1) is 0 Å². The maximum atomic E-state index is 13.2. The van der Waals surface area contributed by atoms with Crippen molar-refractivity contribution in [2.45, 2.75) is 11.5 Å². The van der Waals surface area contributed by atoms with Gasteiger partial charge in [0.05, 0.1) is 11.1 Å². The summed E-state index contributed by atoms with van der Waals surface area (Å²) in [6.07, 6.45) is 1.13. The molecule has 0 atom stereocenters. The summed E-state index contributed by atoms with van der Waals surface area (Å²) in [5.41, 5.74) is -0.0861. The summed E-state index contributed by atoms with van der Waals surface area (Å²) in [7, 11) is -8.56. The standard InChI is InChI=1S/C15H13F3N2O5S2/c16-11-3-6-13(14(9-11)27(19,23)24)20-26(21,22)8-7-10-1-4-12(5-2-10)25-15(17)18/h1-9,15,20H,(H2,19,23,24)/b8-7+. The van der Waals surface area contributed by atoms with Gasteiger partial charge >= 0.3 is 6.61 Å². The van der Waals surface area contributed by atoms with E-state index in [1.807, 2.05) is 4.72 Å². The van der Waals surface area contributed by atoms with Gasteiger partial charge in [0.15, 0.2) is 0 Å². The average molecular weight is 422 g/mol. The zero-order valence-corrected chi connectivity index (χ0v) is 15.0. The number of hydrogen-bond donors (Lipinski definition) is 2. The Morgan fingerprint density at radius 3 is 2.22 bits per heavy atom. The normalized spacial score (nSPS) is 12.5. The lowest BCUT2D eigenvalue weighted by Crippen LogP contribution is -2.17. The second-order valence-electron chi connectivity index (χ2n) is 5.08. The third-order valence-electron chi connectivity index (χ3n) is 3.05. The molecule has 0 fully saturated rings. The van der Waals surface area contributed by atoms with Crippen molar-refractivity contribution >= 4 is 31.8 Å². The van der Waals surface area contributed by atoms with E-state index >= 15 is 0 Å². The van der Waals surface area contributed by atoms with E-state index < -0.39 is 43.1 Å². The number of nitrogens with two attached hydrogens (primary N) is 1. The van der Waals surface area contributed by atoms with Gasteiger partial charge < -0.3 is 4.74 Å². The monoisotopic (exact) mass is 422 g/mol. The van der Waals surface area contributed by atoms with Gasteiger partial charge in [-0.3, -0.25) is 4.72 Å². The zero-order chi connectivity index (χ0) is 20.2. The Morgan fingerprint density at radius 1 is 1.04 bits per heavy atom. The number of sulfonamides is 2. The van der Waals surface area contributed by atoms with Crippen LogP contribution in [0.3, 0.4) is 0 Å². The Hall–Kier alpha value is -2.57. The highest BCUT2D eigenvalue weighted by molar-refractivity contribution is 7.95. The fraction of sp³-hybridized carbons (Fsp3) is 0.0667. The fourth-order valence-corrected chi connectivity index (χ4v) is 3.59. The van der Waals surface area contributed by atoms with Crippen LogP contribution >= 0.6 is 0 Å². The van der Waals surface area contributed by atoms with Gasteiger partial charge in [-0.25, -0.2) is 26.4 Å². The molecule has 2 rings (SSSR count). The highest BCUT2D eigenvalue weighted by atomic mass is 32.2. The summed E-state index contributed by atoms with van der Waals surface area (Å²) in [5.74, 6) is -1.02. The lowest BCUT2D eigenvalue weighted by molar-refractivity contribution is -0.0498. The maximum absolute atomic E-state index is 13.2. The lowest BCUT2D eigenvalue weighted by atomic mass is 10.2. The number of alkyl halides is 2. The molecular formula is C15H13F3N2O5S2. The molecule has 0 spiro atoms. The van der Waals surface area contributed by atoms with Crippen LogP contribution in [0.15, 0.2) is 52.8 Å². The van der Waals surface area contributed by atoms with E-state index in [-0.39, 0.29) is 5.75 Å². The summed E-state index contributed by atoms with van der Waals surface area (Å²) in [5, 5.41) is 5.66. The molecular weight excluding hydrogens is 409 g/mol. The molecule has 0 aliphatic rings. The first-order valence-electron chi connectivity index (χ1n) is 7.04. The molecule has 146 valence electrons. The SMILES string of the molecule is NS(=O)(=O)c1cc(F)ccc1NS(=O)(=O)/C=C/c1ccc(OC(F)F)cc1. The van der Waals surface area contributed by atoms with E-state index in [9.17, 15) is 30.0 Å². The van der Waals surface area contributed by atoms with Crippen LogP contribution in [0.1, 0.15) is 5.56 Å². The lowest BCUT2D eigenvalue weighted by Gasteiger charge is -2.09. The molecule has 7 nitrogen and oxygen atoms in total. The molecule has 2 aromatic carbocycles. The summed E-state index contributed by atoms with van der Waals surface area (Å²) in [6.45, 7) is -2.99. The number of nitrogens with one attached hydrogen (secondary N) is 1. The predicted molar refractivity (Wildman–Crippen MR) is 92.4 cm³/mol. The van der Waals surface area contributed by atoms with Crippen molar-refractivity contribution in [3.8, 4) is 5.75 Å². The van der Waals surface area contributed by atoms with E-state index in [0.29, 0.717) is 17.0 Å². The van der Waals surface area contributed by atoms with Gasteiger partial charge in [-0.05, 0) is 42.0 Å². The minimum Gasteiger partial charge on any atom is -0.435 e. The van der Waals surface area contributed by atoms with Crippen LogP contribution in [0.2, 0.25) is 0 Å². The molecule has 12 heteroatoms. The molecule has 0 amide bonds. The fourth-order valence-electron chi connectivity index (χ4n) is 1.93. The van der Waals surface area contributed by atoms with Crippen molar-refractivity contribution in [2.75, 3.05) is 4.72 Å². The number of ether oxygens (including phenoxy) is 1. The number of primary sulfonamides is 1. The molecule has 2 aromatic rings. The van der Waals surface area contributed by atoms with Crippen molar-refractivity contribution in [3.63, 3.8) is 0 Å². The Morgan fingerprint density at radius 2 is 1.67 bits per heavy atom. The highest BCUT2D eigenvalue weighted by Gasteiger charge is 2.18. The molecule has 0 heterocycles. The number of halogens is 3. The van der Waals surface area contributed by atoms with Gasteiger partial charge in [0.1, 0.15) is 16.5 Å². The molecule has 0 unspecified atom stereocenters. The van der Waals surface area contributed by atoms with E-state index in [2.05, 4.69) is 4.74 Å². The summed E-state index contributed by atoms with van der Waals surface area (Å²) >= 11 is 0. The molecule has 3 N–H and O–H groups in total. The van der Waals surface area contributed by atoms with Crippen molar-refractivity contribution in [2.24, 2.45) is 5.14 Å². The van der Waals surface area contributed by atoms with Gasteiger partial charge in [0, 0.05) is 0 Å². The van der Waals surface area contributed by atoms with Crippen molar-refractivity contribution < 1.29 is 34.7 Å². The molecule has 0 aliphatic heterocycles. The van der Waals surface area contributed by atoms with Gasteiger partial charge in [0.2, 0.25) is 10.0 Å². The zero-order valence-electron chi connectivity index (χ0n) is 13.3. The van der Waals surface area contributed by atoms with E-state index in [0.717, 1.165) is 18.2 Å². The largest absolute Gasteiger partial charge is 0.435 e. The van der Waals surface area contributed by atoms with Crippen LogP contribution in [0.5, 0.6) is 5.75 Å². The molecule has 0 saturated heterocycles. The molecule has 0 aromatic heterocycles. The summed E-state index contributed by atoms with van der Waals surface area (Å²) in [6, 6.07) is 7.44. The first-order chi connectivity index (χ1) is 12.5. The molecule has 0 bridgehead atoms. The molecule has 0 radical (unpaired) electrons. The van der Waals surface area contributed by atoms with E-state index in [4.69, 9.17) is 5.14 Å². The van der Waals surface area contributed by atoms with Crippen LogP contribution in [0, 0.1) is 5.82 Å². The first kappa shape index (κ1) is 20.7.